The van der Waals surface area contributed by atoms with Gasteiger partial charge in [0.25, 0.3) is 0 Å². The summed E-state index contributed by atoms with van der Waals surface area (Å²) in [5.41, 5.74) is 0. The first kappa shape index (κ1) is 19.2. The van der Waals surface area contributed by atoms with Gasteiger partial charge in [0.1, 0.15) is 0 Å². The van der Waals surface area contributed by atoms with Crippen LogP contribution in [0.2, 0.25) is 4.47 Å². The Balaban J connectivity index is 3.02. The summed E-state index contributed by atoms with van der Waals surface area (Å²) in [6.45, 7) is 2.44. The Kier molecular flexibility index (Phi) is 18.4. The van der Waals surface area contributed by atoms with E-state index in [0.29, 0.717) is 0 Å². The van der Waals surface area contributed by atoms with Crippen LogP contribution in [-0.2, 0) is 0 Å². The maximum absolute atomic E-state index is 8.56. The molecule has 0 aliphatic heterocycles. The Morgan fingerprint density at radius 1 is 0.789 bits per heavy atom. The van der Waals surface area contributed by atoms with Crippen molar-refractivity contribution in [2.45, 2.75) is 75.6 Å². The molecule has 0 atom stereocenters. The molecule has 0 unspecified atom stereocenters. The molecular formula is C17H32OTe. The molecule has 0 aromatic rings. The van der Waals surface area contributed by atoms with Gasteiger partial charge in [0.05, 0.1) is 0 Å². The van der Waals surface area contributed by atoms with Crippen LogP contribution in [0.5, 0.6) is 0 Å². The molecule has 0 saturated heterocycles. The number of rotatable bonds is 14. The minimum absolute atomic E-state index is 0.0904. The molecule has 112 valence electrons. The zero-order valence-corrected chi connectivity index (χ0v) is 15.0. The van der Waals surface area contributed by atoms with Gasteiger partial charge >= 0.3 is 131 Å². The fourth-order valence-corrected chi connectivity index (χ4v) is 4.00. The molecule has 0 amide bonds. The average Bonchev–Trinajstić information content (AvgIpc) is 2.43. The zero-order valence-electron chi connectivity index (χ0n) is 12.7. The molecule has 0 aromatic heterocycles. The van der Waals surface area contributed by atoms with E-state index in [9.17, 15) is 0 Å². The van der Waals surface area contributed by atoms with Crippen LogP contribution in [-0.4, -0.2) is 32.6 Å². The SMILES string of the molecule is CCCCCCCCCCCC[Te]/C=C\C=C/CO. The summed E-state index contributed by atoms with van der Waals surface area (Å²) < 4.78 is 3.76. The van der Waals surface area contributed by atoms with Crippen molar-refractivity contribution in [3.05, 3.63) is 22.4 Å². The van der Waals surface area contributed by atoms with E-state index in [-0.39, 0.29) is 27.5 Å². The van der Waals surface area contributed by atoms with Crippen molar-refractivity contribution in [1.29, 1.82) is 0 Å². The third-order valence-corrected chi connectivity index (χ3v) is 5.64. The first-order valence-corrected chi connectivity index (χ1v) is 10.9. The molecule has 0 saturated carbocycles. The van der Waals surface area contributed by atoms with Gasteiger partial charge in [0.15, 0.2) is 0 Å². The molecule has 0 fully saturated rings. The van der Waals surface area contributed by atoms with Crippen molar-refractivity contribution in [2.24, 2.45) is 0 Å². The Morgan fingerprint density at radius 3 is 1.95 bits per heavy atom. The average molecular weight is 380 g/mol. The molecular weight excluding hydrogens is 348 g/mol. The molecule has 1 nitrogen and oxygen atoms in total. The Bertz CT molecular complexity index is 211. The summed E-state index contributed by atoms with van der Waals surface area (Å²) in [6.07, 6.45) is 20.1. The number of aliphatic hydroxyl groups excluding tert-OH is 1. The predicted octanol–water partition coefficient (Wildman–Crippen LogP) is 5.09. The van der Waals surface area contributed by atoms with Crippen LogP contribution in [0.15, 0.2) is 22.4 Å². The summed E-state index contributed by atoms with van der Waals surface area (Å²) in [6, 6.07) is 0. The minimum atomic E-state index is 0.0904. The quantitative estimate of drug-likeness (QED) is 0.253. The van der Waals surface area contributed by atoms with Gasteiger partial charge in [-0.25, -0.2) is 0 Å². The number of allylic oxidation sites excluding steroid dienone is 2. The normalized spacial score (nSPS) is 11.9. The maximum atomic E-state index is 8.56. The molecule has 2 heteroatoms. The zero-order chi connectivity index (χ0) is 14.0. The fourth-order valence-electron chi connectivity index (χ4n) is 1.98. The standard InChI is InChI=1S/C17H32OTe/c1-2-3-4-5-6-7-8-9-10-13-16-19-17-14-11-12-15-18/h11-12,14,17-18H,2-10,13,15-16H2,1H3/b12-11-,17-14-. The molecule has 0 spiro atoms. The summed E-state index contributed by atoms with van der Waals surface area (Å²) in [4.78, 5) is 0. The van der Waals surface area contributed by atoms with Crippen LogP contribution in [0, 0.1) is 0 Å². The third-order valence-electron chi connectivity index (χ3n) is 3.14. The Morgan fingerprint density at radius 2 is 1.37 bits per heavy atom. The van der Waals surface area contributed by atoms with Crippen molar-refractivity contribution >= 4 is 20.9 Å². The molecule has 0 aliphatic carbocycles. The van der Waals surface area contributed by atoms with Crippen LogP contribution in [0.4, 0.5) is 0 Å². The molecule has 0 radical (unpaired) electrons. The summed E-state index contributed by atoms with van der Waals surface area (Å²) in [5.74, 6) is 0. The van der Waals surface area contributed by atoms with Crippen LogP contribution < -0.4 is 0 Å². The van der Waals surface area contributed by atoms with Crippen molar-refractivity contribution in [3.8, 4) is 0 Å². The summed E-state index contributed by atoms with van der Waals surface area (Å²) in [5, 5.41) is 8.56. The summed E-state index contributed by atoms with van der Waals surface area (Å²) in [7, 11) is 0. The van der Waals surface area contributed by atoms with Crippen LogP contribution >= 0.6 is 0 Å². The molecule has 0 rings (SSSR count). The van der Waals surface area contributed by atoms with E-state index < -0.39 is 0 Å². The van der Waals surface area contributed by atoms with Crippen molar-refractivity contribution in [2.75, 3.05) is 6.61 Å². The predicted molar refractivity (Wildman–Crippen MR) is 87.8 cm³/mol. The third kappa shape index (κ3) is 18.2. The number of unbranched alkanes of at least 4 members (excludes halogenated alkanes) is 9. The van der Waals surface area contributed by atoms with Gasteiger partial charge < -0.3 is 0 Å². The Hall–Kier alpha value is 0.230. The van der Waals surface area contributed by atoms with E-state index in [1.54, 1.807) is 6.08 Å². The van der Waals surface area contributed by atoms with E-state index in [4.69, 9.17) is 5.11 Å². The van der Waals surface area contributed by atoms with Gasteiger partial charge in [-0.2, -0.15) is 0 Å². The Labute approximate surface area is 130 Å². The number of hydrogen-bond donors (Lipinski definition) is 1. The first-order valence-electron chi connectivity index (χ1n) is 7.96. The number of aliphatic hydroxyl groups is 1. The molecule has 19 heavy (non-hydrogen) atoms. The number of hydrogen-bond acceptors (Lipinski definition) is 1. The molecule has 0 heterocycles. The van der Waals surface area contributed by atoms with Crippen LogP contribution in [0.3, 0.4) is 0 Å². The van der Waals surface area contributed by atoms with Crippen molar-refractivity contribution < 1.29 is 5.11 Å². The summed E-state index contributed by atoms with van der Waals surface area (Å²) >= 11 is 0.0904. The first-order chi connectivity index (χ1) is 9.41. The molecule has 0 aliphatic rings. The van der Waals surface area contributed by atoms with Gasteiger partial charge in [-0.1, -0.05) is 0 Å². The second-order valence-electron chi connectivity index (χ2n) is 4.99. The second-order valence-corrected chi connectivity index (χ2v) is 7.89. The van der Waals surface area contributed by atoms with Gasteiger partial charge in [-0.3, -0.25) is 0 Å². The van der Waals surface area contributed by atoms with E-state index >= 15 is 0 Å². The molecule has 1 N–H and O–H groups in total. The monoisotopic (exact) mass is 382 g/mol. The topological polar surface area (TPSA) is 20.2 Å². The van der Waals surface area contributed by atoms with Crippen LogP contribution in [0.25, 0.3) is 0 Å². The van der Waals surface area contributed by atoms with E-state index in [1.807, 2.05) is 6.08 Å². The fraction of sp³-hybridized carbons (Fsp3) is 0.765. The van der Waals surface area contributed by atoms with E-state index in [1.165, 1.54) is 68.7 Å². The molecule has 0 aromatic carbocycles. The van der Waals surface area contributed by atoms with Crippen LogP contribution in [0.1, 0.15) is 71.1 Å². The van der Waals surface area contributed by atoms with Gasteiger partial charge in [-0.05, 0) is 0 Å². The van der Waals surface area contributed by atoms with Crippen molar-refractivity contribution in [1.82, 2.24) is 0 Å². The van der Waals surface area contributed by atoms with Gasteiger partial charge in [-0.15, -0.1) is 0 Å². The van der Waals surface area contributed by atoms with Gasteiger partial charge in [0, 0.05) is 0 Å². The van der Waals surface area contributed by atoms with E-state index in [0.717, 1.165) is 0 Å². The second kappa shape index (κ2) is 18.2. The van der Waals surface area contributed by atoms with Gasteiger partial charge in [0.2, 0.25) is 0 Å². The van der Waals surface area contributed by atoms with Crippen molar-refractivity contribution in [3.63, 3.8) is 0 Å². The molecule has 0 bridgehead atoms. The van der Waals surface area contributed by atoms with E-state index in [2.05, 4.69) is 17.1 Å².